The molecule has 0 radical (unpaired) electrons. The smallest absolute Gasteiger partial charge is 0.0999 e. The Hall–Kier alpha value is -6.34. The lowest BCUT2D eigenvalue weighted by Gasteiger charge is -2.38. The van der Waals surface area contributed by atoms with Crippen molar-refractivity contribution in [1.82, 2.24) is 8.80 Å². The van der Waals surface area contributed by atoms with Gasteiger partial charge in [-0.3, -0.25) is 0 Å². The second-order valence-electron chi connectivity index (χ2n) is 19.7. The largest absolute Gasteiger partial charge is 0.308 e. The van der Waals surface area contributed by atoms with Gasteiger partial charge in [-0.2, -0.15) is 21.0 Å². The maximum atomic E-state index is 10.8. The Balaban J connectivity index is 1.12. The minimum absolute atomic E-state index is 0.441. The summed E-state index contributed by atoms with van der Waals surface area (Å²) in [6.45, 7) is 0. The Morgan fingerprint density at radius 2 is 0.724 bits per heavy atom. The summed E-state index contributed by atoms with van der Waals surface area (Å²) in [6.07, 6.45) is 12.3. The number of aromatic nitrogens is 2. The fraction of sp³-hybridized carbons (Fsp3) is 0.346. The number of benzene rings is 5. The van der Waals surface area contributed by atoms with Gasteiger partial charge in [-0.15, -0.1) is 0 Å². The maximum Gasteiger partial charge on any atom is 0.0999 e. The molecule has 17 rings (SSSR count). The first kappa shape index (κ1) is 30.8. The summed E-state index contributed by atoms with van der Waals surface area (Å²) >= 11 is 0. The zero-order valence-electron chi connectivity index (χ0n) is 32.0. The van der Waals surface area contributed by atoms with Gasteiger partial charge >= 0.3 is 0 Å². The highest BCUT2D eigenvalue weighted by atomic mass is 14.9. The molecule has 8 bridgehead atoms. The Morgan fingerprint density at radius 3 is 1.09 bits per heavy atom. The van der Waals surface area contributed by atoms with Gasteiger partial charge in [0.05, 0.1) is 79.6 Å². The average Bonchev–Trinajstić information content (AvgIpc) is 3.89. The van der Waals surface area contributed by atoms with Crippen molar-refractivity contribution in [3.05, 3.63) is 93.0 Å². The fourth-order valence-electron chi connectivity index (χ4n) is 15.8. The highest BCUT2D eigenvalue weighted by molar-refractivity contribution is 6.31. The van der Waals surface area contributed by atoms with Gasteiger partial charge in [0.1, 0.15) is 0 Å². The van der Waals surface area contributed by atoms with E-state index in [1.165, 1.54) is 108 Å². The minimum atomic E-state index is 0.441. The molecule has 5 aromatic carbocycles. The normalized spacial score (nSPS) is 27.9. The number of rotatable bonds is 0. The zero-order valence-corrected chi connectivity index (χ0v) is 32.0. The van der Waals surface area contributed by atoms with Crippen LogP contribution in [0.3, 0.4) is 0 Å². The van der Waals surface area contributed by atoms with Gasteiger partial charge in [0.15, 0.2) is 0 Å². The van der Waals surface area contributed by atoms with Gasteiger partial charge in [0, 0.05) is 43.1 Å². The summed E-state index contributed by atoms with van der Waals surface area (Å²) in [5, 5.41) is 52.1. The van der Waals surface area contributed by atoms with Crippen molar-refractivity contribution in [3.8, 4) is 24.3 Å². The predicted molar refractivity (Wildman–Crippen MR) is 226 cm³/mol. The van der Waals surface area contributed by atoms with E-state index < -0.39 is 0 Å². The fourth-order valence-corrected chi connectivity index (χ4v) is 15.8. The molecule has 0 aliphatic heterocycles. The molecule has 9 aromatic rings. The van der Waals surface area contributed by atoms with Crippen molar-refractivity contribution in [1.29, 1.82) is 21.0 Å². The molecular formula is C52H36N6. The molecule has 6 heteroatoms. The van der Waals surface area contributed by atoms with E-state index in [-0.39, 0.29) is 0 Å². The number of nitriles is 4. The standard InChI is InChI=1S/C52H36N6/c53-19-27-1-3-35-49-41(15-33(21-55)43-29-7-23-5-24(8-29)12-31(11-23)47(43)49)57-39-18-38-40(17-37(39)45(27)51(35)57)58-42-16-34(22-56)44-30-9-25-6-26(10-30)14-32(13-25)48(44)50(42)36-4-2-28(20-54)46(38)52(36)58/h1-4,15-18,23-26,29-32H,5-14H2. The molecule has 4 fully saturated rings. The van der Waals surface area contributed by atoms with Crippen molar-refractivity contribution in [3.63, 3.8) is 0 Å². The Morgan fingerprint density at radius 1 is 0.362 bits per heavy atom. The molecule has 8 aliphatic rings. The molecule has 8 aliphatic carbocycles. The molecule has 4 aromatic heterocycles. The molecule has 0 saturated heterocycles. The predicted octanol–water partition coefficient (Wildman–Crippen LogP) is 12.3. The van der Waals surface area contributed by atoms with Crippen LogP contribution in [0.5, 0.6) is 0 Å². The van der Waals surface area contributed by atoms with Crippen LogP contribution in [0, 0.1) is 69.0 Å². The Labute approximate surface area is 333 Å². The molecule has 0 spiro atoms. The van der Waals surface area contributed by atoms with Crippen LogP contribution >= 0.6 is 0 Å². The van der Waals surface area contributed by atoms with Crippen molar-refractivity contribution in [2.75, 3.05) is 0 Å². The molecule has 4 saturated carbocycles. The van der Waals surface area contributed by atoms with E-state index in [0.717, 1.165) is 89.4 Å². The molecule has 58 heavy (non-hydrogen) atoms. The van der Waals surface area contributed by atoms with E-state index in [0.29, 0.717) is 34.8 Å². The first-order valence-corrected chi connectivity index (χ1v) is 21.7. The van der Waals surface area contributed by atoms with E-state index in [1.807, 2.05) is 12.1 Å². The molecule has 0 amide bonds. The maximum absolute atomic E-state index is 10.8. The Bertz CT molecular complexity index is 3370. The summed E-state index contributed by atoms with van der Waals surface area (Å²) in [6, 6.07) is 27.9. The summed E-state index contributed by atoms with van der Waals surface area (Å²) in [7, 11) is 0. The van der Waals surface area contributed by atoms with Crippen LogP contribution in [0.2, 0.25) is 0 Å². The van der Waals surface area contributed by atoms with E-state index in [9.17, 15) is 21.0 Å². The monoisotopic (exact) mass is 744 g/mol. The van der Waals surface area contributed by atoms with Crippen LogP contribution in [0.25, 0.3) is 76.2 Å². The number of nitrogens with zero attached hydrogens (tertiary/aromatic N) is 6. The molecule has 4 heterocycles. The zero-order chi connectivity index (χ0) is 38.0. The summed E-state index contributed by atoms with van der Waals surface area (Å²) < 4.78 is 4.73. The molecule has 6 nitrogen and oxygen atoms in total. The molecule has 4 unspecified atom stereocenters. The first-order chi connectivity index (χ1) is 28.5. The molecule has 274 valence electrons. The van der Waals surface area contributed by atoms with Crippen molar-refractivity contribution in [2.24, 2.45) is 23.7 Å². The lowest BCUT2D eigenvalue weighted by molar-refractivity contribution is 0.166. The van der Waals surface area contributed by atoms with Crippen LogP contribution in [-0.4, -0.2) is 8.80 Å². The highest BCUT2D eigenvalue weighted by Gasteiger charge is 2.46. The summed E-state index contributed by atoms with van der Waals surface area (Å²) in [4.78, 5) is 0. The molecular weight excluding hydrogens is 709 g/mol. The van der Waals surface area contributed by atoms with E-state index in [1.54, 1.807) is 0 Å². The molecule has 4 atom stereocenters. The number of hydrogen-bond acceptors (Lipinski definition) is 4. The van der Waals surface area contributed by atoms with Gasteiger partial charge in [0.2, 0.25) is 0 Å². The number of fused-ring (bicyclic) bond motifs is 12. The van der Waals surface area contributed by atoms with Crippen LogP contribution in [-0.2, 0) is 0 Å². The van der Waals surface area contributed by atoms with Gasteiger partial charge in [-0.25, -0.2) is 0 Å². The Kier molecular flexibility index (Phi) is 5.31. The summed E-state index contributed by atoms with van der Waals surface area (Å²) in [5.41, 5.74) is 14.7. The topological polar surface area (TPSA) is 104 Å². The second-order valence-corrected chi connectivity index (χ2v) is 19.7. The highest BCUT2D eigenvalue weighted by Crippen LogP contribution is 2.61. The van der Waals surface area contributed by atoms with E-state index >= 15 is 0 Å². The lowest BCUT2D eigenvalue weighted by atomic mass is 9.67. The third-order valence-electron chi connectivity index (χ3n) is 17.1. The lowest BCUT2D eigenvalue weighted by Crippen LogP contribution is -2.25. The van der Waals surface area contributed by atoms with Crippen LogP contribution in [0.1, 0.15) is 132 Å². The van der Waals surface area contributed by atoms with Crippen molar-refractivity contribution >= 4 is 76.2 Å². The quantitative estimate of drug-likeness (QED) is 0.154. The van der Waals surface area contributed by atoms with E-state index in [4.69, 9.17) is 0 Å². The SMILES string of the molecule is N#Cc1cc2c(c3c1C1CC4CC(C1)CC3C4)c1ccc(C#N)c3c4cc5c(cc4n2c13)c1c(C#N)ccc2c3c4c(c(C#N)cc3n5c21)C1CC2CC(C1)CC4C2. The van der Waals surface area contributed by atoms with Crippen LogP contribution in [0.15, 0.2) is 48.5 Å². The second kappa shape index (κ2) is 10.0. The number of hydrogen-bond donors (Lipinski definition) is 0. The van der Waals surface area contributed by atoms with Crippen molar-refractivity contribution in [2.45, 2.75) is 87.9 Å². The van der Waals surface area contributed by atoms with Gasteiger partial charge in [0.25, 0.3) is 0 Å². The van der Waals surface area contributed by atoms with E-state index in [2.05, 4.69) is 69.5 Å². The van der Waals surface area contributed by atoms with Crippen LogP contribution < -0.4 is 0 Å². The van der Waals surface area contributed by atoms with Gasteiger partial charge in [-0.1, -0.05) is 12.1 Å². The third-order valence-corrected chi connectivity index (χ3v) is 17.1. The van der Waals surface area contributed by atoms with Crippen LogP contribution in [0.4, 0.5) is 0 Å². The average molecular weight is 745 g/mol. The third kappa shape index (κ3) is 3.34. The van der Waals surface area contributed by atoms with Crippen molar-refractivity contribution < 1.29 is 0 Å². The first-order valence-electron chi connectivity index (χ1n) is 21.7. The van der Waals surface area contributed by atoms with Gasteiger partial charge in [-0.05, 0) is 170 Å². The summed E-state index contributed by atoms with van der Waals surface area (Å²) in [5.74, 6) is 4.72. The molecule has 0 N–H and O–H groups in total. The minimum Gasteiger partial charge on any atom is -0.308 e. The van der Waals surface area contributed by atoms with Gasteiger partial charge < -0.3 is 8.80 Å².